The molecule has 0 heterocycles. The van der Waals surface area contributed by atoms with Crippen molar-refractivity contribution in [3.8, 4) is 5.75 Å². The largest absolute Gasteiger partial charge is 0.397 e. The van der Waals surface area contributed by atoms with E-state index >= 15 is 0 Å². The molecule has 122 valence electrons. The Hall–Kier alpha value is -2.25. The predicted octanol–water partition coefficient (Wildman–Crippen LogP) is 2.96. The third-order valence-electron chi connectivity index (χ3n) is 2.98. The number of carbonyl (C=O) groups is 1. The molecule has 0 saturated heterocycles. The maximum atomic E-state index is 12.4. The molecule has 0 aliphatic rings. The van der Waals surface area contributed by atoms with E-state index in [2.05, 4.69) is 5.32 Å². The fourth-order valence-electron chi connectivity index (χ4n) is 1.88. The minimum Gasteiger partial charge on any atom is -0.397 e. The van der Waals surface area contributed by atoms with Gasteiger partial charge in [-0.05, 0) is 36.8 Å². The van der Waals surface area contributed by atoms with E-state index in [0.29, 0.717) is 11.3 Å². The van der Waals surface area contributed by atoms with Crippen LogP contribution in [0.4, 0.5) is 11.4 Å². The smallest absolute Gasteiger partial charge is 0.339 e. The van der Waals surface area contributed by atoms with Gasteiger partial charge < -0.3 is 15.2 Å². The van der Waals surface area contributed by atoms with Crippen LogP contribution in [0.2, 0.25) is 5.02 Å². The molecule has 0 atom stereocenters. The van der Waals surface area contributed by atoms with Gasteiger partial charge in [0.05, 0.1) is 16.4 Å². The van der Waals surface area contributed by atoms with E-state index in [1.54, 1.807) is 19.1 Å². The van der Waals surface area contributed by atoms with Gasteiger partial charge in [-0.3, -0.25) is 4.79 Å². The summed E-state index contributed by atoms with van der Waals surface area (Å²) in [5.74, 6) is -0.242. The molecule has 3 N–H and O–H groups in total. The summed E-state index contributed by atoms with van der Waals surface area (Å²) in [6, 6.07) is 8.82. The number of carbonyl (C=O) groups excluding carboxylic acids is 1. The number of aryl methyl sites for hydroxylation is 1. The van der Waals surface area contributed by atoms with Crippen molar-refractivity contribution in [1.82, 2.24) is 0 Å². The Balaban J connectivity index is 2.37. The molecule has 0 bridgehead atoms. The molecule has 2 aromatic rings. The molecule has 23 heavy (non-hydrogen) atoms. The maximum Gasteiger partial charge on any atom is 0.339 e. The van der Waals surface area contributed by atoms with Crippen LogP contribution in [0.1, 0.15) is 12.5 Å². The molecule has 8 heteroatoms. The number of nitrogens with two attached hydrogens (primary N) is 1. The van der Waals surface area contributed by atoms with Crippen LogP contribution in [0.3, 0.4) is 0 Å². The van der Waals surface area contributed by atoms with Crippen molar-refractivity contribution >= 4 is 39.0 Å². The molecule has 1 amide bonds. The first-order valence-electron chi connectivity index (χ1n) is 6.57. The lowest BCUT2D eigenvalue weighted by Gasteiger charge is -2.12. The number of benzene rings is 2. The van der Waals surface area contributed by atoms with E-state index in [-0.39, 0.29) is 27.3 Å². The number of para-hydroxylation sites is 1. The van der Waals surface area contributed by atoms with E-state index < -0.39 is 10.1 Å². The predicted molar refractivity (Wildman–Crippen MR) is 89.2 cm³/mol. The first-order chi connectivity index (χ1) is 10.7. The van der Waals surface area contributed by atoms with Crippen molar-refractivity contribution in [1.29, 1.82) is 0 Å². The lowest BCUT2D eigenvalue weighted by atomic mass is 10.2. The van der Waals surface area contributed by atoms with Crippen LogP contribution in [0.5, 0.6) is 5.75 Å². The first-order valence-corrected chi connectivity index (χ1v) is 8.36. The average molecular weight is 355 g/mol. The average Bonchev–Trinajstić information content (AvgIpc) is 2.45. The fourth-order valence-corrected chi connectivity index (χ4v) is 3.23. The number of anilines is 2. The fraction of sp³-hybridized carbons (Fsp3) is 0.133. The summed E-state index contributed by atoms with van der Waals surface area (Å²) in [5, 5.41) is 2.69. The number of nitrogen functional groups attached to an aromatic ring is 1. The summed E-state index contributed by atoms with van der Waals surface area (Å²) in [5.41, 5.74) is 6.78. The molecule has 0 unspecified atom stereocenters. The van der Waals surface area contributed by atoms with Gasteiger partial charge >= 0.3 is 10.1 Å². The second-order valence-corrected chi connectivity index (χ2v) is 6.81. The van der Waals surface area contributed by atoms with Gasteiger partial charge in [0.1, 0.15) is 4.90 Å². The standard InChI is InChI=1S/C15H15ClN2O4S/c1-9-4-3-5-12(16)15(9)22-23(20,21)11-6-7-14(13(17)8-11)18-10(2)19/h3-8H,17H2,1-2H3,(H,18,19). The summed E-state index contributed by atoms with van der Waals surface area (Å²) in [4.78, 5) is 10.9. The minimum atomic E-state index is -4.10. The zero-order valence-electron chi connectivity index (χ0n) is 12.5. The Bertz CT molecular complexity index is 846. The monoisotopic (exact) mass is 354 g/mol. The van der Waals surface area contributed by atoms with Crippen LogP contribution in [0.15, 0.2) is 41.3 Å². The normalized spacial score (nSPS) is 11.1. The Morgan fingerprint density at radius 2 is 1.96 bits per heavy atom. The van der Waals surface area contributed by atoms with Crippen molar-refractivity contribution in [2.24, 2.45) is 0 Å². The van der Waals surface area contributed by atoms with Gasteiger partial charge in [0, 0.05) is 6.92 Å². The van der Waals surface area contributed by atoms with Crippen molar-refractivity contribution in [3.05, 3.63) is 47.0 Å². The molecule has 0 radical (unpaired) electrons. The molecule has 0 fully saturated rings. The topological polar surface area (TPSA) is 98.5 Å². The van der Waals surface area contributed by atoms with Crippen LogP contribution in [0, 0.1) is 6.92 Å². The Kier molecular flexibility index (Phi) is 4.82. The van der Waals surface area contributed by atoms with Gasteiger partial charge in [-0.25, -0.2) is 0 Å². The summed E-state index contributed by atoms with van der Waals surface area (Å²) in [7, 11) is -4.10. The zero-order chi connectivity index (χ0) is 17.2. The molecule has 0 saturated carbocycles. The SMILES string of the molecule is CC(=O)Nc1ccc(S(=O)(=O)Oc2c(C)cccc2Cl)cc1N. The van der Waals surface area contributed by atoms with Gasteiger partial charge in [-0.2, -0.15) is 8.42 Å². The van der Waals surface area contributed by atoms with Crippen LogP contribution < -0.4 is 15.2 Å². The Morgan fingerprint density at radius 3 is 2.52 bits per heavy atom. The van der Waals surface area contributed by atoms with Gasteiger partial charge in [0.25, 0.3) is 0 Å². The number of hydrogen-bond acceptors (Lipinski definition) is 5. The van der Waals surface area contributed by atoms with E-state index in [4.69, 9.17) is 21.5 Å². The number of amides is 1. The quantitative estimate of drug-likeness (QED) is 0.649. The highest BCUT2D eigenvalue weighted by atomic mass is 35.5. The van der Waals surface area contributed by atoms with Gasteiger partial charge in [0.15, 0.2) is 5.75 Å². The van der Waals surface area contributed by atoms with Gasteiger partial charge in [-0.15, -0.1) is 0 Å². The van der Waals surface area contributed by atoms with Crippen molar-refractivity contribution in [2.45, 2.75) is 18.7 Å². The highest BCUT2D eigenvalue weighted by Crippen LogP contribution is 2.31. The van der Waals surface area contributed by atoms with E-state index in [1.807, 2.05) is 0 Å². The summed E-state index contributed by atoms with van der Waals surface area (Å²) >= 11 is 5.98. The second kappa shape index (κ2) is 6.47. The summed E-state index contributed by atoms with van der Waals surface area (Å²) < 4.78 is 29.9. The lowest BCUT2D eigenvalue weighted by molar-refractivity contribution is -0.114. The number of rotatable bonds is 4. The lowest BCUT2D eigenvalue weighted by Crippen LogP contribution is -2.13. The van der Waals surface area contributed by atoms with Crippen LogP contribution in [-0.2, 0) is 14.9 Å². The van der Waals surface area contributed by atoms with Crippen LogP contribution >= 0.6 is 11.6 Å². The third kappa shape index (κ3) is 3.94. The number of hydrogen-bond donors (Lipinski definition) is 2. The molecule has 0 aliphatic heterocycles. The Morgan fingerprint density at radius 1 is 1.26 bits per heavy atom. The third-order valence-corrected chi connectivity index (χ3v) is 4.49. The van der Waals surface area contributed by atoms with E-state index in [9.17, 15) is 13.2 Å². The highest BCUT2D eigenvalue weighted by Gasteiger charge is 2.20. The molecule has 2 aromatic carbocycles. The maximum absolute atomic E-state index is 12.4. The van der Waals surface area contributed by atoms with Crippen LogP contribution in [-0.4, -0.2) is 14.3 Å². The van der Waals surface area contributed by atoms with Gasteiger partial charge in [-0.1, -0.05) is 23.7 Å². The van der Waals surface area contributed by atoms with Gasteiger partial charge in [0.2, 0.25) is 5.91 Å². The van der Waals surface area contributed by atoms with Crippen molar-refractivity contribution < 1.29 is 17.4 Å². The molecule has 0 spiro atoms. The zero-order valence-corrected chi connectivity index (χ0v) is 14.0. The van der Waals surface area contributed by atoms with Crippen molar-refractivity contribution in [3.63, 3.8) is 0 Å². The molecule has 0 aliphatic carbocycles. The summed E-state index contributed by atoms with van der Waals surface area (Å²) in [6.45, 7) is 3.01. The molecule has 0 aromatic heterocycles. The summed E-state index contributed by atoms with van der Waals surface area (Å²) in [6.07, 6.45) is 0. The Labute approximate surface area is 139 Å². The molecular weight excluding hydrogens is 340 g/mol. The molecular formula is C15H15ClN2O4S. The number of halogens is 1. The van der Waals surface area contributed by atoms with E-state index in [1.165, 1.54) is 31.2 Å². The first kappa shape index (κ1) is 17.1. The van der Waals surface area contributed by atoms with Crippen molar-refractivity contribution in [2.75, 3.05) is 11.1 Å². The number of nitrogens with one attached hydrogen (secondary N) is 1. The molecule has 6 nitrogen and oxygen atoms in total. The second-order valence-electron chi connectivity index (χ2n) is 4.85. The van der Waals surface area contributed by atoms with Crippen LogP contribution in [0.25, 0.3) is 0 Å². The molecule has 2 rings (SSSR count). The highest BCUT2D eigenvalue weighted by molar-refractivity contribution is 7.87. The van der Waals surface area contributed by atoms with E-state index in [0.717, 1.165) is 0 Å². The minimum absolute atomic E-state index is 0.0682.